The number of allylic oxidation sites excluding steroid dienone is 1. The molecule has 1 atom stereocenters. The van der Waals surface area contributed by atoms with Crippen molar-refractivity contribution < 1.29 is 4.39 Å². The van der Waals surface area contributed by atoms with Crippen molar-refractivity contribution in [2.45, 2.75) is 32.1 Å². The molecule has 1 heterocycles. The first kappa shape index (κ1) is 19.1. The van der Waals surface area contributed by atoms with Crippen molar-refractivity contribution in [2.24, 2.45) is 22.4 Å². The van der Waals surface area contributed by atoms with E-state index in [1.165, 1.54) is 18.6 Å². The molecular formula is C23H24FN5. The average molecular weight is 389 g/mol. The summed E-state index contributed by atoms with van der Waals surface area (Å²) in [5.74, 6) is 1.69. The molecule has 0 aliphatic heterocycles. The van der Waals surface area contributed by atoms with Gasteiger partial charge in [-0.3, -0.25) is 0 Å². The van der Waals surface area contributed by atoms with Crippen LogP contribution in [-0.2, 0) is 0 Å². The lowest BCUT2D eigenvalue weighted by atomic mass is 9.72. The Balaban J connectivity index is 1.87. The number of rotatable bonds is 5. The standard InChI is InChI=1S/C23H24FN5/c1-14(25)13-20(26)28-22-18-7-2-3-8-19(18)27-23(29-22)21(15-5-4-6-15)16-9-11-17(24)12-10-16/h2-3,7-13,15,21H,4-6,25H2,1H3,(H2,26,27,28,29)/b14-13-. The Morgan fingerprint density at radius 3 is 2.48 bits per heavy atom. The number of aromatic nitrogens is 2. The number of halogens is 1. The fourth-order valence-electron chi connectivity index (χ4n) is 3.76. The van der Waals surface area contributed by atoms with E-state index in [-0.39, 0.29) is 11.7 Å². The highest BCUT2D eigenvalue weighted by molar-refractivity contribution is 5.97. The van der Waals surface area contributed by atoms with Gasteiger partial charge in [-0.2, -0.15) is 0 Å². The van der Waals surface area contributed by atoms with E-state index in [4.69, 9.17) is 21.4 Å². The summed E-state index contributed by atoms with van der Waals surface area (Å²) in [4.78, 5) is 14.2. The highest BCUT2D eigenvalue weighted by Crippen LogP contribution is 2.43. The summed E-state index contributed by atoms with van der Waals surface area (Å²) in [6, 6.07) is 14.4. The van der Waals surface area contributed by atoms with Crippen molar-refractivity contribution in [3.63, 3.8) is 0 Å². The van der Waals surface area contributed by atoms with Crippen LogP contribution in [0.3, 0.4) is 0 Å². The van der Waals surface area contributed by atoms with E-state index in [0.717, 1.165) is 29.3 Å². The predicted octanol–water partition coefficient (Wildman–Crippen LogP) is 4.55. The molecule has 5 nitrogen and oxygen atoms in total. The third-order valence-corrected chi connectivity index (χ3v) is 5.34. The van der Waals surface area contributed by atoms with Gasteiger partial charge >= 0.3 is 0 Å². The fraction of sp³-hybridized carbons (Fsp3) is 0.261. The zero-order valence-electron chi connectivity index (χ0n) is 16.3. The summed E-state index contributed by atoms with van der Waals surface area (Å²) < 4.78 is 13.5. The van der Waals surface area contributed by atoms with E-state index in [0.29, 0.717) is 29.1 Å². The van der Waals surface area contributed by atoms with Gasteiger partial charge in [0.05, 0.1) is 5.52 Å². The van der Waals surface area contributed by atoms with Gasteiger partial charge < -0.3 is 11.5 Å². The van der Waals surface area contributed by atoms with E-state index in [1.54, 1.807) is 13.0 Å². The topological polar surface area (TPSA) is 90.2 Å². The Kier molecular flexibility index (Phi) is 5.25. The Labute approximate surface area is 169 Å². The first-order valence-corrected chi connectivity index (χ1v) is 9.81. The third-order valence-electron chi connectivity index (χ3n) is 5.34. The lowest BCUT2D eigenvalue weighted by Gasteiger charge is -2.33. The maximum absolute atomic E-state index is 13.5. The normalized spacial score (nSPS) is 16.6. The summed E-state index contributed by atoms with van der Waals surface area (Å²) in [5.41, 5.74) is 14.2. The van der Waals surface area contributed by atoms with Crippen molar-refractivity contribution in [3.8, 4) is 0 Å². The Morgan fingerprint density at radius 1 is 1.10 bits per heavy atom. The minimum atomic E-state index is -0.248. The van der Waals surface area contributed by atoms with E-state index in [2.05, 4.69) is 4.99 Å². The minimum absolute atomic E-state index is 0.00378. The van der Waals surface area contributed by atoms with Crippen LogP contribution in [0.15, 0.2) is 65.3 Å². The zero-order chi connectivity index (χ0) is 20.4. The molecule has 1 fully saturated rings. The summed E-state index contributed by atoms with van der Waals surface area (Å²) in [6.07, 6.45) is 5.01. The summed E-state index contributed by atoms with van der Waals surface area (Å²) in [6.45, 7) is 1.76. The van der Waals surface area contributed by atoms with E-state index < -0.39 is 0 Å². The van der Waals surface area contributed by atoms with Crippen LogP contribution in [0.5, 0.6) is 0 Å². The second-order valence-electron chi connectivity index (χ2n) is 7.57. The molecule has 0 amide bonds. The van der Waals surface area contributed by atoms with Crippen molar-refractivity contribution in [3.05, 3.63) is 77.5 Å². The Hall–Kier alpha value is -3.28. The molecular weight excluding hydrogens is 365 g/mol. The van der Waals surface area contributed by atoms with Gasteiger partial charge in [0.1, 0.15) is 17.5 Å². The number of amidine groups is 1. The second kappa shape index (κ2) is 7.99. The van der Waals surface area contributed by atoms with Crippen molar-refractivity contribution in [2.75, 3.05) is 0 Å². The lowest BCUT2D eigenvalue weighted by Crippen LogP contribution is -2.23. The molecule has 3 aromatic rings. The monoisotopic (exact) mass is 389 g/mol. The molecule has 0 saturated heterocycles. The SMILES string of the molecule is C/C(N)=C/C(N)=Nc1nc(C(c2ccc(F)cc2)C2CCC2)nc2ccccc12. The van der Waals surface area contributed by atoms with Gasteiger partial charge in [-0.05, 0) is 61.6 Å². The molecule has 4 rings (SSSR count). The van der Waals surface area contributed by atoms with Crippen molar-refractivity contribution in [1.29, 1.82) is 0 Å². The number of para-hydroxylation sites is 1. The highest BCUT2D eigenvalue weighted by Gasteiger charge is 2.32. The highest BCUT2D eigenvalue weighted by atomic mass is 19.1. The first-order valence-electron chi connectivity index (χ1n) is 9.81. The molecule has 1 aromatic heterocycles. The molecule has 0 spiro atoms. The number of nitrogens with two attached hydrogens (primary N) is 2. The summed E-state index contributed by atoms with van der Waals surface area (Å²) in [5, 5.41) is 0.828. The molecule has 6 heteroatoms. The van der Waals surface area contributed by atoms with Crippen LogP contribution >= 0.6 is 0 Å². The zero-order valence-corrected chi connectivity index (χ0v) is 16.3. The fourth-order valence-corrected chi connectivity index (χ4v) is 3.76. The van der Waals surface area contributed by atoms with Gasteiger partial charge in [0.2, 0.25) is 0 Å². The van der Waals surface area contributed by atoms with Crippen LogP contribution in [0.2, 0.25) is 0 Å². The van der Waals surface area contributed by atoms with Gasteiger partial charge in [0, 0.05) is 17.0 Å². The van der Waals surface area contributed by atoms with E-state index in [1.807, 2.05) is 36.4 Å². The van der Waals surface area contributed by atoms with Crippen molar-refractivity contribution in [1.82, 2.24) is 9.97 Å². The molecule has 29 heavy (non-hydrogen) atoms. The molecule has 148 valence electrons. The lowest BCUT2D eigenvalue weighted by molar-refractivity contribution is 0.278. The predicted molar refractivity (Wildman–Crippen MR) is 114 cm³/mol. The molecule has 2 aromatic carbocycles. The van der Waals surface area contributed by atoms with Crippen LogP contribution in [0.4, 0.5) is 10.2 Å². The maximum Gasteiger partial charge on any atom is 0.165 e. The van der Waals surface area contributed by atoms with Crippen LogP contribution in [0.25, 0.3) is 10.9 Å². The molecule has 0 radical (unpaired) electrons. The first-order chi connectivity index (χ1) is 14.0. The van der Waals surface area contributed by atoms with Gasteiger partial charge in [0.15, 0.2) is 5.82 Å². The van der Waals surface area contributed by atoms with Crippen LogP contribution in [-0.4, -0.2) is 15.8 Å². The van der Waals surface area contributed by atoms with E-state index >= 15 is 0 Å². The third kappa shape index (κ3) is 4.11. The molecule has 1 unspecified atom stereocenters. The van der Waals surface area contributed by atoms with E-state index in [9.17, 15) is 4.39 Å². The molecule has 1 aliphatic rings. The molecule has 1 saturated carbocycles. The number of hydrogen-bond acceptors (Lipinski definition) is 4. The number of hydrogen-bond donors (Lipinski definition) is 2. The largest absolute Gasteiger partial charge is 0.402 e. The minimum Gasteiger partial charge on any atom is -0.402 e. The second-order valence-corrected chi connectivity index (χ2v) is 7.57. The van der Waals surface area contributed by atoms with Gasteiger partial charge in [0.25, 0.3) is 0 Å². The Bertz CT molecular complexity index is 1080. The van der Waals surface area contributed by atoms with Gasteiger partial charge in [-0.25, -0.2) is 19.4 Å². The van der Waals surface area contributed by atoms with Gasteiger partial charge in [-0.15, -0.1) is 0 Å². The summed E-state index contributed by atoms with van der Waals surface area (Å²) >= 11 is 0. The molecule has 0 bridgehead atoms. The molecule has 1 aliphatic carbocycles. The smallest absolute Gasteiger partial charge is 0.165 e. The van der Waals surface area contributed by atoms with Crippen LogP contribution < -0.4 is 11.5 Å². The number of fused-ring (bicyclic) bond motifs is 1. The number of nitrogens with zero attached hydrogens (tertiary/aromatic N) is 3. The average Bonchev–Trinajstić information content (AvgIpc) is 2.64. The maximum atomic E-state index is 13.5. The quantitative estimate of drug-likeness (QED) is 0.495. The summed E-state index contributed by atoms with van der Waals surface area (Å²) in [7, 11) is 0. The number of aliphatic imine (C=N–C) groups is 1. The number of benzene rings is 2. The van der Waals surface area contributed by atoms with Gasteiger partial charge in [-0.1, -0.05) is 30.7 Å². The molecule has 4 N–H and O–H groups in total. The Morgan fingerprint density at radius 2 is 1.83 bits per heavy atom. The van der Waals surface area contributed by atoms with Crippen LogP contribution in [0.1, 0.15) is 43.5 Å². The van der Waals surface area contributed by atoms with Crippen molar-refractivity contribution >= 4 is 22.6 Å². The van der Waals surface area contributed by atoms with Crippen LogP contribution in [0, 0.1) is 11.7 Å².